The molecule has 0 saturated carbocycles. The first kappa shape index (κ1) is 13.4. The molecule has 2 heterocycles. The maximum absolute atomic E-state index is 6.05. The Bertz CT molecular complexity index is 596. The second-order valence-corrected chi connectivity index (χ2v) is 6.51. The predicted molar refractivity (Wildman–Crippen MR) is 82.6 cm³/mol. The van der Waals surface area contributed by atoms with Crippen LogP contribution in [0.4, 0.5) is 0 Å². The topological polar surface area (TPSA) is 21.1 Å². The van der Waals surface area contributed by atoms with E-state index >= 15 is 0 Å². The predicted octanol–water partition coefficient (Wildman–Crippen LogP) is 3.49. The van der Waals surface area contributed by atoms with Gasteiger partial charge in [-0.2, -0.15) is 0 Å². The summed E-state index contributed by atoms with van der Waals surface area (Å²) < 4.78 is 3.35. The highest BCUT2D eigenvalue weighted by Gasteiger charge is 2.22. The molecule has 3 rings (SSSR count). The van der Waals surface area contributed by atoms with Crippen molar-refractivity contribution < 1.29 is 0 Å². The summed E-state index contributed by atoms with van der Waals surface area (Å²) in [5.74, 6) is 2.15. The van der Waals surface area contributed by atoms with Gasteiger partial charge in [0.05, 0.1) is 16.9 Å². The number of likely N-dealkylation sites (tertiary alicyclic amines) is 1. The van der Waals surface area contributed by atoms with Crippen LogP contribution in [0, 0.1) is 5.92 Å². The monoisotopic (exact) mass is 341 g/mol. The van der Waals surface area contributed by atoms with E-state index < -0.39 is 0 Å². The van der Waals surface area contributed by atoms with Crippen molar-refractivity contribution in [1.82, 2.24) is 14.5 Å². The third kappa shape index (κ3) is 2.67. The third-order valence-electron chi connectivity index (χ3n) is 3.84. The van der Waals surface area contributed by atoms with Crippen molar-refractivity contribution >= 4 is 38.6 Å². The van der Waals surface area contributed by atoms with Crippen LogP contribution in [0.5, 0.6) is 0 Å². The Morgan fingerprint density at radius 3 is 3.00 bits per heavy atom. The smallest absolute Gasteiger partial charge is 0.124 e. The molecule has 102 valence electrons. The second-order valence-electron chi connectivity index (χ2n) is 5.32. The lowest BCUT2D eigenvalue weighted by Gasteiger charge is -2.14. The molecule has 1 fully saturated rings. The highest BCUT2D eigenvalue weighted by atomic mass is 79.9. The fourth-order valence-electron chi connectivity index (χ4n) is 2.89. The summed E-state index contributed by atoms with van der Waals surface area (Å²) in [5, 5.41) is 0. The fraction of sp³-hybridized carbons (Fsp3) is 0.500. The minimum absolute atomic E-state index is 0.467. The lowest BCUT2D eigenvalue weighted by Crippen LogP contribution is -2.17. The molecule has 3 nitrogen and oxygen atoms in total. The molecular formula is C14H17BrClN3. The largest absolute Gasteiger partial charge is 0.327 e. The van der Waals surface area contributed by atoms with Gasteiger partial charge in [0.25, 0.3) is 0 Å². The number of alkyl halides is 1. The van der Waals surface area contributed by atoms with Crippen LogP contribution in [0.3, 0.4) is 0 Å². The van der Waals surface area contributed by atoms with Crippen molar-refractivity contribution in [2.45, 2.75) is 18.8 Å². The van der Waals surface area contributed by atoms with Gasteiger partial charge >= 0.3 is 0 Å². The van der Waals surface area contributed by atoms with E-state index in [0.29, 0.717) is 11.8 Å². The van der Waals surface area contributed by atoms with E-state index in [-0.39, 0.29) is 0 Å². The molecule has 0 spiro atoms. The second kappa shape index (κ2) is 5.43. The van der Waals surface area contributed by atoms with E-state index in [0.717, 1.165) is 28.9 Å². The number of rotatable bonds is 3. The molecule has 5 heteroatoms. The summed E-state index contributed by atoms with van der Waals surface area (Å²) in [4.78, 5) is 7.03. The van der Waals surface area contributed by atoms with Gasteiger partial charge in [-0.15, -0.1) is 11.6 Å². The first-order chi connectivity index (χ1) is 9.17. The van der Waals surface area contributed by atoms with Crippen molar-refractivity contribution in [2.75, 3.05) is 20.1 Å². The number of halogens is 2. The van der Waals surface area contributed by atoms with Crippen molar-refractivity contribution in [1.29, 1.82) is 0 Å². The van der Waals surface area contributed by atoms with Gasteiger partial charge in [-0.1, -0.05) is 15.9 Å². The molecule has 1 aliphatic rings. The quantitative estimate of drug-likeness (QED) is 0.796. The summed E-state index contributed by atoms with van der Waals surface area (Å²) in [7, 11) is 2.19. The zero-order valence-corrected chi connectivity index (χ0v) is 13.3. The molecule has 1 unspecified atom stereocenters. The lowest BCUT2D eigenvalue weighted by molar-refractivity contribution is 0.378. The molecule has 2 aromatic rings. The van der Waals surface area contributed by atoms with Crippen LogP contribution in [-0.4, -0.2) is 34.6 Å². The average Bonchev–Trinajstić information content (AvgIpc) is 2.94. The SMILES string of the molecule is CN1CCC(Cn2c(CCl)nc3cc(Br)ccc32)C1. The van der Waals surface area contributed by atoms with Crippen LogP contribution >= 0.6 is 27.5 Å². The number of imidazole rings is 1. The number of aromatic nitrogens is 2. The number of fused-ring (bicyclic) bond motifs is 1. The Morgan fingerprint density at radius 1 is 1.47 bits per heavy atom. The van der Waals surface area contributed by atoms with Gasteiger partial charge in [0.1, 0.15) is 5.82 Å². The molecule has 0 bridgehead atoms. The van der Waals surface area contributed by atoms with Gasteiger partial charge in [-0.3, -0.25) is 0 Å². The normalized spacial score (nSPS) is 20.5. The van der Waals surface area contributed by atoms with Crippen molar-refractivity contribution in [3.63, 3.8) is 0 Å². The molecule has 19 heavy (non-hydrogen) atoms. The van der Waals surface area contributed by atoms with Gasteiger partial charge < -0.3 is 9.47 Å². The van der Waals surface area contributed by atoms with E-state index in [2.05, 4.69) is 55.6 Å². The molecule has 0 radical (unpaired) electrons. The van der Waals surface area contributed by atoms with E-state index in [1.165, 1.54) is 18.5 Å². The highest BCUT2D eigenvalue weighted by Crippen LogP contribution is 2.25. The molecule has 1 atom stereocenters. The van der Waals surface area contributed by atoms with Crippen molar-refractivity contribution in [3.8, 4) is 0 Å². The zero-order chi connectivity index (χ0) is 13.4. The van der Waals surface area contributed by atoms with Gasteiger partial charge in [0.15, 0.2) is 0 Å². The van der Waals surface area contributed by atoms with Crippen LogP contribution in [-0.2, 0) is 12.4 Å². The third-order valence-corrected chi connectivity index (χ3v) is 4.57. The summed E-state index contributed by atoms with van der Waals surface area (Å²) in [6, 6.07) is 6.25. The molecular weight excluding hydrogens is 326 g/mol. The average molecular weight is 343 g/mol. The Hall–Kier alpha value is -0.580. The summed E-state index contributed by atoms with van der Waals surface area (Å²) in [5.41, 5.74) is 2.21. The number of hydrogen-bond acceptors (Lipinski definition) is 2. The Balaban J connectivity index is 1.96. The van der Waals surface area contributed by atoms with Crippen LogP contribution in [0.25, 0.3) is 11.0 Å². The van der Waals surface area contributed by atoms with Crippen LogP contribution in [0.2, 0.25) is 0 Å². The highest BCUT2D eigenvalue weighted by molar-refractivity contribution is 9.10. The first-order valence-electron chi connectivity index (χ1n) is 6.56. The standard InChI is InChI=1S/C14H17BrClN3/c1-18-5-4-10(8-18)9-19-13-3-2-11(15)6-12(13)17-14(19)7-16/h2-3,6,10H,4-5,7-9H2,1H3. The molecule has 0 aliphatic carbocycles. The maximum atomic E-state index is 6.05. The van der Waals surface area contributed by atoms with E-state index in [9.17, 15) is 0 Å². The van der Waals surface area contributed by atoms with Gasteiger partial charge in [-0.25, -0.2) is 4.98 Å². The van der Waals surface area contributed by atoms with Crippen LogP contribution < -0.4 is 0 Å². The number of nitrogens with zero attached hydrogens (tertiary/aromatic N) is 3. The molecule has 1 aromatic heterocycles. The van der Waals surface area contributed by atoms with E-state index in [1.54, 1.807) is 0 Å². The van der Waals surface area contributed by atoms with E-state index in [4.69, 9.17) is 11.6 Å². The first-order valence-corrected chi connectivity index (χ1v) is 7.89. The fourth-order valence-corrected chi connectivity index (χ4v) is 3.45. The zero-order valence-electron chi connectivity index (χ0n) is 10.9. The molecule has 1 saturated heterocycles. The number of benzene rings is 1. The van der Waals surface area contributed by atoms with Gasteiger partial charge in [0.2, 0.25) is 0 Å². The van der Waals surface area contributed by atoms with Crippen LogP contribution in [0.1, 0.15) is 12.2 Å². The minimum atomic E-state index is 0.467. The van der Waals surface area contributed by atoms with Crippen molar-refractivity contribution in [3.05, 3.63) is 28.5 Å². The number of hydrogen-bond donors (Lipinski definition) is 0. The molecule has 1 aliphatic heterocycles. The molecule has 0 N–H and O–H groups in total. The Kier molecular flexibility index (Phi) is 3.83. The molecule has 1 aromatic carbocycles. The van der Waals surface area contributed by atoms with Crippen molar-refractivity contribution in [2.24, 2.45) is 5.92 Å². The summed E-state index contributed by atoms with van der Waals surface area (Å²) >= 11 is 9.55. The van der Waals surface area contributed by atoms with E-state index in [1.807, 2.05) is 0 Å². The summed E-state index contributed by atoms with van der Waals surface area (Å²) in [6.45, 7) is 3.38. The molecule has 0 amide bonds. The minimum Gasteiger partial charge on any atom is -0.327 e. The Morgan fingerprint density at radius 2 is 2.32 bits per heavy atom. The van der Waals surface area contributed by atoms with Gasteiger partial charge in [0, 0.05) is 17.6 Å². The lowest BCUT2D eigenvalue weighted by atomic mass is 10.1. The Labute approximate surface area is 126 Å². The van der Waals surface area contributed by atoms with Gasteiger partial charge in [-0.05, 0) is 44.1 Å². The maximum Gasteiger partial charge on any atom is 0.124 e. The summed E-state index contributed by atoms with van der Waals surface area (Å²) in [6.07, 6.45) is 1.26. The van der Waals surface area contributed by atoms with Crippen LogP contribution in [0.15, 0.2) is 22.7 Å².